The van der Waals surface area contributed by atoms with Crippen LogP contribution in [0, 0.1) is 0 Å². The van der Waals surface area contributed by atoms with Crippen LogP contribution >= 0.6 is 0 Å². The highest BCUT2D eigenvalue weighted by Crippen LogP contribution is 2.11. The zero-order chi connectivity index (χ0) is 9.64. The highest BCUT2D eigenvalue weighted by Gasteiger charge is 2.12. The van der Waals surface area contributed by atoms with Gasteiger partial charge in [-0.1, -0.05) is 6.42 Å². The Bertz CT molecular complexity index is 257. The Balaban J connectivity index is 1.76. The summed E-state index contributed by atoms with van der Waals surface area (Å²) < 4.78 is 5.64. The van der Waals surface area contributed by atoms with Crippen LogP contribution in [-0.4, -0.2) is 24.2 Å². The summed E-state index contributed by atoms with van der Waals surface area (Å²) in [6.45, 7) is 1.90. The number of nitrogens with one attached hydrogen (secondary N) is 1. The molecule has 0 bridgehead atoms. The van der Waals surface area contributed by atoms with Gasteiger partial charge in [0.05, 0.1) is 0 Å². The average Bonchev–Trinajstić information content (AvgIpc) is 2.29. The van der Waals surface area contributed by atoms with Crippen molar-refractivity contribution in [3.05, 3.63) is 24.5 Å². The molecule has 1 fully saturated rings. The van der Waals surface area contributed by atoms with Gasteiger partial charge in [0.1, 0.15) is 12.4 Å². The molecule has 0 radical (unpaired) electrons. The van der Waals surface area contributed by atoms with Crippen molar-refractivity contribution in [3.8, 4) is 5.75 Å². The van der Waals surface area contributed by atoms with Crippen molar-refractivity contribution in [2.45, 2.75) is 25.3 Å². The number of hydrogen-bond donors (Lipinski definition) is 1. The molecule has 1 atom stereocenters. The van der Waals surface area contributed by atoms with Gasteiger partial charge in [0.25, 0.3) is 0 Å². The molecule has 1 aromatic rings. The fourth-order valence-electron chi connectivity index (χ4n) is 1.70. The van der Waals surface area contributed by atoms with Crippen molar-refractivity contribution < 1.29 is 4.74 Å². The second kappa shape index (κ2) is 4.96. The van der Waals surface area contributed by atoms with E-state index in [9.17, 15) is 0 Å². The Hall–Kier alpha value is -1.09. The van der Waals surface area contributed by atoms with Gasteiger partial charge in [-0.2, -0.15) is 0 Å². The number of hydrogen-bond acceptors (Lipinski definition) is 3. The van der Waals surface area contributed by atoms with Gasteiger partial charge >= 0.3 is 0 Å². The predicted molar refractivity (Wildman–Crippen MR) is 55.4 cm³/mol. The van der Waals surface area contributed by atoms with Crippen LogP contribution in [0.25, 0.3) is 0 Å². The molecule has 0 saturated carbocycles. The summed E-state index contributed by atoms with van der Waals surface area (Å²) >= 11 is 0. The lowest BCUT2D eigenvalue weighted by Gasteiger charge is -2.23. The first-order valence-corrected chi connectivity index (χ1v) is 5.21. The first-order chi connectivity index (χ1) is 6.95. The van der Waals surface area contributed by atoms with Crippen molar-refractivity contribution in [1.29, 1.82) is 0 Å². The Labute approximate surface area is 84.5 Å². The summed E-state index contributed by atoms with van der Waals surface area (Å²) in [7, 11) is 0. The standard InChI is InChI=1S/C11H16N2O/c1-2-6-13-10(3-1)9-14-11-4-7-12-8-5-11/h4-5,7-8,10,13H,1-3,6,9H2. The molecule has 1 aromatic heterocycles. The van der Waals surface area contributed by atoms with Gasteiger partial charge in [-0.05, 0) is 31.5 Å². The quantitative estimate of drug-likeness (QED) is 0.790. The van der Waals surface area contributed by atoms with Crippen LogP contribution in [0.3, 0.4) is 0 Å². The van der Waals surface area contributed by atoms with Gasteiger partial charge in [-0.15, -0.1) is 0 Å². The predicted octanol–water partition coefficient (Wildman–Crippen LogP) is 1.60. The number of ether oxygens (including phenoxy) is 1. The van der Waals surface area contributed by atoms with E-state index in [2.05, 4.69) is 10.3 Å². The molecule has 76 valence electrons. The topological polar surface area (TPSA) is 34.1 Å². The maximum atomic E-state index is 5.64. The normalized spacial score (nSPS) is 21.9. The second-order valence-electron chi connectivity index (χ2n) is 3.64. The minimum absolute atomic E-state index is 0.525. The highest BCUT2D eigenvalue weighted by atomic mass is 16.5. The molecular weight excluding hydrogens is 176 g/mol. The second-order valence-corrected chi connectivity index (χ2v) is 3.64. The number of aromatic nitrogens is 1. The van der Waals surface area contributed by atoms with Crippen molar-refractivity contribution in [3.63, 3.8) is 0 Å². The molecule has 1 N–H and O–H groups in total. The van der Waals surface area contributed by atoms with Crippen LogP contribution < -0.4 is 10.1 Å². The van der Waals surface area contributed by atoms with Crippen LogP contribution in [0.2, 0.25) is 0 Å². The Morgan fingerprint density at radius 3 is 2.93 bits per heavy atom. The minimum Gasteiger partial charge on any atom is -0.492 e. The molecule has 1 unspecified atom stereocenters. The third-order valence-electron chi connectivity index (χ3n) is 2.51. The third-order valence-corrected chi connectivity index (χ3v) is 2.51. The molecule has 14 heavy (non-hydrogen) atoms. The van der Waals surface area contributed by atoms with Gasteiger partial charge in [0.15, 0.2) is 0 Å². The molecule has 1 saturated heterocycles. The van der Waals surface area contributed by atoms with E-state index in [1.54, 1.807) is 12.4 Å². The number of nitrogens with zero attached hydrogens (tertiary/aromatic N) is 1. The lowest BCUT2D eigenvalue weighted by Crippen LogP contribution is -2.38. The molecule has 1 aliphatic rings. The van der Waals surface area contributed by atoms with Crippen LogP contribution in [0.4, 0.5) is 0 Å². The molecule has 2 rings (SSSR count). The summed E-state index contributed by atoms with van der Waals surface area (Å²) in [5, 5.41) is 3.45. The van der Waals surface area contributed by atoms with Gasteiger partial charge in [-0.25, -0.2) is 0 Å². The SMILES string of the molecule is c1cc(OCC2CCCCN2)ccn1. The number of rotatable bonds is 3. The van der Waals surface area contributed by atoms with Crippen LogP contribution in [0.1, 0.15) is 19.3 Å². The fourth-order valence-corrected chi connectivity index (χ4v) is 1.70. The number of pyridine rings is 1. The van der Waals surface area contributed by atoms with E-state index in [0.717, 1.165) is 18.9 Å². The van der Waals surface area contributed by atoms with E-state index in [-0.39, 0.29) is 0 Å². The maximum absolute atomic E-state index is 5.64. The van der Waals surface area contributed by atoms with E-state index >= 15 is 0 Å². The van der Waals surface area contributed by atoms with E-state index in [0.29, 0.717) is 6.04 Å². The Morgan fingerprint density at radius 2 is 2.21 bits per heavy atom. The van der Waals surface area contributed by atoms with Crippen LogP contribution in [-0.2, 0) is 0 Å². The molecule has 3 heteroatoms. The molecule has 0 aliphatic carbocycles. The maximum Gasteiger partial charge on any atom is 0.122 e. The summed E-state index contributed by atoms with van der Waals surface area (Å²) in [5.74, 6) is 0.910. The molecule has 0 amide bonds. The largest absolute Gasteiger partial charge is 0.492 e. The molecule has 3 nitrogen and oxygen atoms in total. The number of piperidine rings is 1. The van der Waals surface area contributed by atoms with Crippen LogP contribution in [0.5, 0.6) is 5.75 Å². The lowest BCUT2D eigenvalue weighted by atomic mass is 10.1. The lowest BCUT2D eigenvalue weighted by molar-refractivity contribution is 0.239. The fraction of sp³-hybridized carbons (Fsp3) is 0.545. The first-order valence-electron chi connectivity index (χ1n) is 5.21. The van der Waals surface area contributed by atoms with Crippen molar-refractivity contribution in [1.82, 2.24) is 10.3 Å². The van der Waals surface area contributed by atoms with Gasteiger partial charge in [0, 0.05) is 18.4 Å². The summed E-state index contributed by atoms with van der Waals surface area (Å²) in [6.07, 6.45) is 7.35. The Morgan fingerprint density at radius 1 is 1.36 bits per heavy atom. The summed E-state index contributed by atoms with van der Waals surface area (Å²) in [6, 6.07) is 4.31. The molecule has 2 heterocycles. The van der Waals surface area contributed by atoms with E-state index < -0.39 is 0 Å². The van der Waals surface area contributed by atoms with E-state index in [1.807, 2.05) is 12.1 Å². The highest BCUT2D eigenvalue weighted by molar-refractivity contribution is 5.16. The van der Waals surface area contributed by atoms with Gasteiger partial charge in [-0.3, -0.25) is 4.98 Å². The summed E-state index contributed by atoms with van der Waals surface area (Å²) in [4.78, 5) is 3.94. The molecular formula is C11H16N2O. The van der Waals surface area contributed by atoms with Gasteiger partial charge < -0.3 is 10.1 Å². The first kappa shape index (κ1) is 9.46. The molecule has 1 aliphatic heterocycles. The van der Waals surface area contributed by atoms with Gasteiger partial charge in [0.2, 0.25) is 0 Å². The third kappa shape index (κ3) is 2.70. The summed E-state index contributed by atoms with van der Waals surface area (Å²) in [5.41, 5.74) is 0. The van der Waals surface area contributed by atoms with Crippen LogP contribution in [0.15, 0.2) is 24.5 Å². The van der Waals surface area contributed by atoms with Crippen molar-refractivity contribution >= 4 is 0 Å². The monoisotopic (exact) mass is 192 g/mol. The van der Waals surface area contributed by atoms with Crippen molar-refractivity contribution in [2.24, 2.45) is 0 Å². The smallest absolute Gasteiger partial charge is 0.122 e. The average molecular weight is 192 g/mol. The Kier molecular flexibility index (Phi) is 3.35. The van der Waals surface area contributed by atoms with E-state index in [1.165, 1.54) is 19.3 Å². The van der Waals surface area contributed by atoms with Crippen molar-refractivity contribution in [2.75, 3.05) is 13.2 Å². The van der Waals surface area contributed by atoms with E-state index in [4.69, 9.17) is 4.74 Å². The minimum atomic E-state index is 0.525. The zero-order valence-electron chi connectivity index (χ0n) is 8.28. The zero-order valence-corrected chi connectivity index (χ0v) is 8.28. The molecule has 0 aromatic carbocycles. The molecule has 0 spiro atoms.